The molecule has 1 aromatic heterocycles. The predicted molar refractivity (Wildman–Crippen MR) is 67.7 cm³/mol. The van der Waals surface area contributed by atoms with Crippen LogP contribution in [0.5, 0.6) is 0 Å². The minimum atomic E-state index is -3.51. The summed E-state index contributed by atoms with van der Waals surface area (Å²) in [5.41, 5.74) is 2.31. The molecule has 2 heterocycles. The van der Waals surface area contributed by atoms with Crippen molar-refractivity contribution in [1.82, 2.24) is 9.29 Å². The molecule has 0 saturated carbocycles. The Hall–Kier alpha value is -0.700. The summed E-state index contributed by atoms with van der Waals surface area (Å²) in [7, 11) is -3.51. The van der Waals surface area contributed by atoms with Crippen LogP contribution < -0.4 is 11.3 Å². The summed E-state index contributed by atoms with van der Waals surface area (Å²) in [6.07, 6.45) is 3.29. The van der Waals surface area contributed by atoms with Gasteiger partial charge in [0.2, 0.25) is 10.0 Å². The zero-order chi connectivity index (χ0) is 12.5. The molecule has 0 aliphatic carbocycles. The van der Waals surface area contributed by atoms with Crippen LogP contribution >= 0.6 is 15.9 Å². The smallest absolute Gasteiger partial charge is 0.246 e. The molecule has 2 rings (SSSR count). The zero-order valence-electron chi connectivity index (χ0n) is 9.06. The lowest BCUT2D eigenvalue weighted by molar-refractivity contribution is 0.477. The average Bonchev–Trinajstić information content (AvgIpc) is 2.83. The van der Waals surface area contributed by atoms with Gasteiger partial charge in [-0.05, 0) is 34.8 Å². The van der Waals surface area contributed by atoms with E-state index in [1.165, 1.54) is 16.6 Å². The van der Waals surface area contributed by atoms with Crippen LogP contribution in [0.25, 0.3) is 0 Å². The van der Waals surface area contributed by atoms with Crippen LogP contribution in [0.3, 0.4) is 0 Å². The summed E-state index contributed by atoms with van der Waals surface area (Å²) in [4.78, 5) is 4.05. The number of anilines is 1. The quantitative estimate of drug-likeness (QED) is 0.638. The largest absolute Gasteiger partial charge is 0.307 e. The fourth-order valence-corrected chi connectivity index (χ4v) is 3.93. The first-order chi connectivity index (χ1) is 8.05. The molecule has 6 nitrogen and oxygen atoms in total. The van der Waals surface area contributed by atoms with E-state index in [-0.39, 0.29) is 10.7 Å². The molecule has 0 amide bonds. The highest BCUT2D eigenvalue weighted by atomic mass is 79.9. The van der Waals surface area contributed by atoms with E-state index in [1.807, 2.05) is 0 Å². The van der Waals surface area contributed by atoms with Crippen LogP contribution in [-0.4, -0.2) is 30.8 Å². The van der Waals surface area contributed by atoms with E-state index in [4.69, 9.17) is 5.84 Å². The van der Waals surface area contributed by atoms with Crippen LogP contribution in [-0.2, 0) is 10.0 Å². The second-order valence-electron chi connectivity index (χ2n) is 3.76. The molecule has 0 unspecified atom stereocenters. The molecule has 1 aliphatic rings. The third-order valence-corrected chi connectivity index (χ3v) is 4.98. The van der Waals surface area contributed by atoms with Crippen molar-refractivity contribution in [2.75, 3.05) is 18.5 Å². The number of nitrogens with one attached hydrogen (secondary N) is 1. The molecule has 1 fully saturated rings. The van der Waals surface area contributed by atoms with Gasteiger partial charge in [0, 0.05) is 23.8 Å². The first kappa shape index (κ1) is 12.7. The molecule has 17 heavy (non-hydrogen) atoms. The minimum absolute atomic E-state index is 0.108. The molecular formula is C9H13BrN4O2S. The number of hydrogen-bond donors (Lipinski definition) is 2. The lowest BCUT2D eigenvalue weighted by Crippen LogP contribution is -2.29. The maximum atomic E-state index is 12.3. The first-order valence-corrected chi connectivity index (χ1v) is 7.41. The highest BCUT2D eigenvalue weighted by Crippen LogP contribution is 2.27. The number of nitrogens with two attached hydrogens (primary N) is 1. The second-order valence-corrected chi connectivity index (χ2v) is 6.58. The van der Waals surface area contributed by atoms with Crippen molar-refractivity contribution in [1.29, 1.82) is 0 Å². The Morgan fingerprint density at radius 1 is 1.41 bits per heavy atom. The number of halogens is 1. The molecular weight excluding hydrogens is 308 g/mol. The Morgan fingerprint density at radius 3 is 2.65 bits per heavy atom. The van der Waals surface area contributed by atoms with Gasteiger partial charge in [-0.15, -0.1) is 0 Å². The van der Waals surface area contributed by atoms with Crippen molar-refractivity contribution in [2.45, 2.75) is 17.7 Å². The first-order valence-electron chi connectivity index (χ1n) is 5.18. The number of rotatable bonds is 3. The van der Waals surface area contributed by atoms with E-state index in [1.54, 1.807) is 0 Å². The van der Waals surface area contributed by atoms with Gasteiger partial charge in [0.05, 0.1) is 0 Å². The highest BCUT2D eigenvalue weighted by Gasteiger charge is 2.30. The lowest BCUT2D eigenvalue weighted by Gasteiger charge is -2.17. The van der Waals surface area contributed by atoms with Crippen LogP contribution in [0.1, 0.15) is 12.8 Å². The van der Waals surface area contributed by atoms with Gasteiger partial charge in [-0.1, -0.05) is 0 Å². The molecule has 0 bridgehead atoms. The van der Waals surface area contributed by atoms with Gasteiger partial charge in [0.25, 0.3) is 0 Å². The molecule has 3 N–H and O–H groups in total. The molecule has 0 aromatic carbocycles. The third-order valence-electron chi connectivity index (χ3n) is 2.64. The van der Waals surface area contributed by atoms with E-state index in [0.717, 1.165) is 12.8 Å². The summed E-state index contributed by atoms with van der Waals surface area (Å²) in [5, 5.41) is 0. The maximum Gasteiger partial charge on any atom is 0.246 e. The van der Waals surface area contributed by atoms with E-state index in [0.29, 0.717) is 17.6 Å². The highest BCUT2D eigenvalue weighted by molar-refractivity contribution is 9.10. The van der Waals surface area contributed by atoms with Crippen molar-refractivity contribution < 1.29 is 8.42 Å². The van der Waals surface area contributed by atoms with Gasteiger partial charge in [0.15, 0.2) is 5.82 Å². The third kappa shape index (κ3) is 2.44. The monoisotopic (exact) mass is 320 g/mol. The molecule has 0 spiro atoms. The Labute approximate surface area is 108 Å². The topological polar surface area (TPSA) is 88.3 Å². The van der Waals surface area contributed by atoms with E-state index >= 15 is 0 Å². The standard InChI is InChI=1S/C9H13BrN4O2S/c10-7-5-8(9(13-11)12-6-7)17(15,16)14-3-1-2-4-14/h5-6H,1-4,11H2,(H,12,13). The normalized spacial score (nSPS) is 17.3. The molecule has 0 radical (unpaired) electrons. The number of aromatic nitrogens is 1. The predicted octanol–water partition coefficient (Wildman–Crippen LogP) is 0.914. The molecule has 1 aliphatic heterocycles. The van der Waals surface area contributed by atoms with Crippen LogP contribution in [0, 0.1) is 0 Å². The molecule has 94 valence electrons. The molecule has 1 saturated heterocycles. The lowest BCUT2D eigenvalue weighted by atomic mass is 10.4. The molecule has 8 heteroatoms. The maximum absolute atomic E-state index is 12.3. The summed E-state index contributed by atoms with van der Waals surface area (Å²) >= 11 is 3.21. The van der Waals surface area contributed by atoms with E-state index in [2.05, 4.69) is 26.3 Å². The average molecular weight is 321 g/mol. The fraction of sp³-hybridized carbons (Fsp3) is 0.444. The number of pyridine rings is 1. The zero-order valence-corrected chi connectivity index (χ0v) is 11.5. The van der Waals surface area contributed by atoms with E-state index < -0.39 is 10.0 Å². The summed E-state index contributed by atoms with van der Waals surface area (Å²) < 4.78 is 26.7. The Kier molecular flexibility index (Phi) is 3.67. The summed E-state index contributed by atoms with van der Waals surface area (Å²) in [5.74, 6) is 5.45. The second kappa shape index (κ2) is 4.89. The van der Waals surface area contributed by atoms with Crippen molar-refractivity contribution in [3.8, 4) is 0 Å². The number of nitrogens with zero attached hydrogens (tertiary/aromatic N) is 2. The van der Waals surface area contributed by atoms with Gasteiger partial charge >= 0.3 is 0 Å². The Balaban J connectivity index is 2.47. The van der Waals surface area contributed by atoms with Crippen molar-refractivity contribution in [3.63, 3.8) is 0 Å². The SMILES string of the molecule is NNc1ncc(Br)cc1S(=O)(=O)N1CCCC1. The van der Waals surface area contributed by atoms with Crippen LogP contribution in [0.4, 0.5) is 5.82 Å². The molecule has 1 aromatic rings. The fourth-order valence-electron chi connectivity index (χ4n) is 1.79. The van der Waals surface area contributed by atoms with Crippen molar-refractivity contribution >= 4 is 31.8 Å². The van der Waals surface area contributed by atoms with Gasteiger partial charge in [-0.3, -0.25) is 0 Å². The van der Waals surface area contributed by atoms with Crippen molar-refractivity contribution in [2.24, 2.45) is 5.84 Å². The summed E-state index contributed by atoms with van der Waals surface area (Å²) in [6.45, 7) is 1.11. The minimum Gasteiger partial charge on any atom is -0.307 e. The van der Waals surface area contributed by atoms with Gasteiger partial charge in [-0.2, -0.15) is 4.31 Å². The number of nitrogen functional groups attached to an aromatic ring is 1. The van der Waals surface area contributed by atoms with Gasteiger partial charge in [0.1, 0.15) is 4.90 Å². The van der Waals surface area contributed by atoms with Gasteiger partial charge in [-0.25, -0.2) is 19.2 Å². The van der Waals surface area contributed by atoms with Crippen LogP contribution in [0.15, 0.2) is 21.6 Å². The number of hydrogen-bond acceptors (Lipinski definition) is 5. The number of sulfonamides is 1. The molecule has 0 atom stereocenters. The van der Waals surface area contributed by atoms with E-state index in [9.17, 15) is 8.42 Å². The Morgan fingerprint density at radius 2 is 2.06 bits per heavy atom. The van der Waals surface area contributed by atoms with Gasteiger partial charge < -0.3 is 5.43 Å². The van der Waals surface area contributed by atoms with Crippen molar-refractivity contribution in [3.05, 3.63) is 16.7 Å². The summed E-state index contributed by atoms with van der Waals surface area (Å²) in [6, 6.07) is 1.51. The Bertz CT molecular complexity index is 514. The van der Waals surface area contributed by atoms with Crippen LogP contribution in [0.2, 0.25) is 0 Å². The number of hydrazine groups is 1.